The average Bonchev–Trinajstić information content (AvgIpc) is 3.26. The summed E-state index contributed by atoms with van der Waals surface area (Å²) in [6.45, 7) is 7.10. The Morgan fingerprint density at radius 1 is 1.38 bits per heavy atom. The van der Waals surface area contributed by atoms with Crippen LogP contribution in [-0.2, 0) is 22.3 Å². The molecule has 21 heavy (non-hydrogen) atoms. The Kier molecular flexibility index (Phi) is 5.56. The second-order valence-corrected chi connectivity index (χ2v) is 7.44. The Morgan fingerprint density at radius 2 is 2.10 bits per heavy atom. The van der Waals surface area contributed by atoms with Gasteiger partial charge in [-0.2, -0.15) is 4.31 Å². The molecule has 0 heterocycles. The van der Waals surface area contributed by atoms with Gasteiger partial charge in [0.2, 0.25) is 10.0 Å². The van der Waals surface area contributed by atoms with Crippen molar-refractivity contribution in [2.75, 3.05) is 13.1 Å². The summed E-state index contributed by atoms with van der Waals surface area (Å²) in [4.78, 5) is 0. The number of rotatable bonds is 9. The fourth-order valence-electron chi connectivity index (χ4n) is 2.26. The van der Waals surface area contributed by atoms with Gasteiger partial charge in [-0.15, -0.1) is 6.58 Å². The van der Waals surface area contributed by atoms with E-state index in [0.717, 1.165) is 17.7 Å². The zero-order valence-electron chi connectivity index (χ0n) is 12.6. The summed E-state index contributed by atoms with van der Waals surface area (Å²) < 4.78 is 26.2. The van der Waals surface area contributed by atoms with Crippen LogP contribution < -0.4 is 5.32 Å². The highest BCUT2D eigenvalue weighted by atomic mass is 32.2. The normalized spacial score (nSPS) is 15.3. The van der Waals surface area contributed by atoms with E-state index in [9.17, 15) is 8.42 Å². The van der Waals surface area contributed by atoms with Gasteiger partial charge in [-0.1, -0.05) is 37.3 Å². The molecule has 0 atom stereocenters. The zero-order valence-corrected chi connectivity index (χ0v) is 13.4. The molecule has 1 N–H and O–H groups in total. The van der Waals surface area contributed by atoms with Gasteiger partial charge in [0, 0.05) is 25.7 Å². The van der Waals surface area contributed by atoms with Crippen LogP contribution in [-0.4, -0.2) is 31.9 Å². The standard InChI is InChI=1S/C16H24N2O2S/c1-3-10-18(4-2)21(19,20)13-15-7-5-6-14(11-15)12-17-16-8-9-16/h3,5-7,11,16-17H,1,4,8-10,12-13H2,2H3. The van der Waals surface area contributed by atoms with Gasteiger partial charge in [0.25, 0.3) is 0 Å². The Bertz CT molecular complexity index is 580. The van der Waals surface area contributed by atoms with Crippen molar-refractivity contribution in [2.45, 2.75) is 38.1 Å². The van der Waals surface area contributed by atoms with Crippen molar-refractivity contribution in [3.63, 3.8) is 0 Å². The third-order valence-electron chi connectivity index (χ3n) is 3.59. The molecule has 4 nitrogen and oxygen atoms in total. The van der Waals surface area contributed by atoms with E-state index >= 15 is 0 Å². The zero-order chi connectivity index (χ0) is 15.3. The molecule has 0 bridgehead atoms. The number of nitrogens with one attached hydrogen (secondary N) is 1. The summed E-state index contributed by atoms with van der Waals surface area (Å²) >= 11 is 0. The summed E-state index contributed by atoms with van der Waals surface area (Å²) in [5.41, 5.74) is 1.98. The number of benzene rings is 1. The predicted octanol–water partition coefficient (Wildman–Crippen LogP) is 2.28. The van der Waals surface area contributed by atoms with Crippen LogP contribution in [0.5, 0.6) is 0 Å². The molecule has 0 unspecified atom stereocenters. The number of nitrogens with zero attached hydrogens (tertiary/aromatic N) is 1. The van der Waals surface area contributed by atoms with E-state index < -0.39 is 10.0 Å². The number of hydrogen-bond acceptors (Lipinski definition) is 3. The SMILES string of the molecule is C=CCN(CC)S(=O)(=O)Cc1cccc(CNC2CC2)c1. The summed E-state index contributed by atoms with van der Waals surface area (Å²) in [6, 6.07) is 8.47. The Labute approximate surface area is 127 Å². The molecule has 0 amide bonds. The van der Waals surface area contributed by atoms with E-state index in [1.165, 1.54) is 17.1 Å². The van der Waals surface area contributed by atoms with Crippen LogP contribution in [0.2, 0.25) is 0 Å². The lowest BCUT2D eigenvalue weighted by atomic mass is 10.1. The fourth-order valence-corrected chi connectivity index (χ4v) is 3.77. The van der Waals surface area contributed by atoms with Crippen molar-refractivity contribution in [3.8, 4) is 0 Å². The number of hydrogen-bond donors (Lipinski definition) is 1. The summed E-state index contributed by atoms with van der Waals surface area (Å²) in [5.74, 6) is 0.0476. The van der Waals surface area contributed by atoms with Crippen molar-refractivity contribution in [1.82, 2.24) is 9.62 Å². The molecule has 1 aromatic rings. The summed E-state index contributed by atoms with van der Waals surface area (Å²) in [5, 5.41) is 3.44. The van der Waals surface area contributed by atoms with E-state index in [1.807, 2.05) is 31.2 Å². The van der Waals surface area contributed by atoms with Crippen LogP contribution in [0.15, 0.2) is 36.9 Å². The molecule has 0 radical (unpaired) electrons. The first-order chi connectivity index (χ1) is 10.0. The molecule has 1 aliphatic carbocycles. The first-order valence-electron chi connectivity index (χ1n) is 7.45. The highest BCUT2D eigenvalue weighted by Gasteiger charge is 2.21. The largest absolute Gasteiger partial charge is 0.310 e. The molecule has 0 aromatic heterocycles. The lowest BCUT2D eigenvalue weighted by molar-refractivity contribution is 0.459. The molecule has 5 heteroatoms. The maximum Gasteiger partial charge on any atom is 0.218 e. The molecule has 2 rings (SSSR count). The molecule has 1 aliphatic rings. The molecule has 1 fully saturated rings. The first-order valence-corrected chi connectivity index (χ1v) is 9.06. The van der Waals surface area contributed by atoms with E-state index in [0.29, 0.717) is 19.1 Å². The van der Waals surface area contributed by atoms with Crippen LogP contribution in [0.1, 0.15) is 30.9 Å². The minimum Gasteiger partial charge on any atom is -0.310 e. The monoisotopic (exact) mass is 308 g/mol. The maximum absolute atomic E-state index is 12.4. The van der Waals surface area contributed by atoms with Gasteiger partial charge in [0.05, 0.1) is 5.75 Å². The summed E-state index contributed by atoms with van der Waals surface area (Å²) in [6.07, 6.45) is 4.12. The van der Waals surface area contributed by atoms with Crippen LogP contribution in [0.3, 0.4) is 0 Å². The van der Waals surface area contributed by atoms with Crippen LogP contribution in [0.25, 0.3) is 0 Å². The smallest absolute Gasteiger partial charge is 0.218 e. The highest BCUT2D eigenvalue weighted by molar-refractivity contribution is 7.88. The molecular weight excluding hydrogens is 284 g/mol. The topological polar surface area (TPSA) is 49.4 Å². The quantitative estimate of drug-likeness (QED) is 0.712. The van der Waals surface area contributed by atoms with Gasteiger partial charge in [0.1, 0.15) is 0 Å². The van der Waals surface area contributed by atoms with Gasteiger partial charge in [-0.25, -0.2) is 8.42 Å². The number of sulfonamides is 1. The van der Waals surface area contributed by atoms with E-state index in [4.69, 9.17) is 0 Å². The van der Waals surface area contributed by atoms with Gasteiger partial charge in [-0.05, 0) is 24.0 Å². The van der Waals surface area contributed by atoms with Gasteiger partial charge in [-0.3, -0.25) is 0 Å². The van der Waals surface area contributed by atoms with Gasteiger partial charge >= 0.3 is 0 Å². The molecule has 1 saturated carbocycles. The van der Waals surface area contributed by atoms with Crippen molar-refractivity contribution in [3.05, 3.63) is 48.0 Å². The third kappa shape index (κ3) is 4.95. The molecule has 0 saturated heterocycles. The van der Waals surface area contributed by atoms with Crippen LogP contribution >= 0.6 is 0 Å². The maximum atomic E-state index is 12.4. The second-order valence-electron chi connectivity index (χ2n) is 5.47. The predicted molar refractivity (Wildman–Crippen MR) is 86.4 cm³/mol. The molecular formula is C16H24N2O2S. The Balaban J connectivity index is 2.03. The Hall–Kier alpha value is -1.17. The summed E-state index contributed by atoms with van der Waals surface area (Å²) in [7, 11) is -3.28. The van der Waals surface area contributed by atoms with Crippen LogP contribution in [0.4, 0.5) is 0 Å². The lowest BCUT2D eigenvalue weighted by Crippen LogP contribution is -2.32. The molecule has 0 aliphatic heterocycles. The Morgan fingerprint density at radius 3 is 2.71 bits per heavy atom. The molecule has 116 valence electrons. The lowest BCUT2D eigenvalue weighted by Gasteiger charge is -2.18. The fraction of sp³-hybridized carbons (Fsp3) is 0.500. The van der Waals surface area contributed by atoms with Crippen molar-refractivity contribution >= 4 is 10.0 Å². The molecule has 1 aromatic carbocycles. The van der Waals surface area contributed by atoms with E-state index in [2.05, 4.69) is 11.9 Å². The van der Waals surface area contributed by atoms with Gasteiger partial charge in [0.15, 0.2) is 0 Å². The van der Waals surface area contributed by atoms with E-state index in [-0.39, 0.29) is 5.75 Å². The van der Waals surface area contributed by atoms with Crippen molar-refractivity contribution < 1.29 is 8.42 Å². The minimum absolute atomic E-state index is 0.0476. The van der Waals surface area contributed by atoms with E-state index in [1.54, 1.807) is 6.08 Å². The first kappa shape index (κ1) is 16.2. The highest BCUT2D eigenvalue weighted by Crippen LogP contribution is 2.19. The van der Waals surface area contributed by atoms with Crippen LogP contribution in [0, 0.1) is 0 Å². The van der Waals surface area contributed by atoms with Crippen molar-refractivity contribution in [1.29, 1.82) is 0 Å². The number of likely N-dealkylation sites (N-methyl/N-ethyl adjacent to an activating group) is 1. The van der Waals surface area contributed by atoms with Crippen molar-refractivity contribution in [2.24, 2.45) is 0 Å². The minimum atomic E-state index is -3.28. The third-order valence-corrected chi connectivity index (χ3v) is 5.48. The van der Waals surface area contributed by atoms with Gasteiger partial charge < -0.3 is 5.32 Å². The second kappa shape index (κ2) is 7.20. The average molecular weight is 308 g/mol. The molecule has 0 spiro atoms.